The van der Waals surface area contributed by atoms with Crippen LogP contribution in [-0.4, -0.2) is 33.1 Å². The number of H-pyrrole nitrogens is 1. The molecule has 0 fully saturated rings. The van der Waals surface area contributed by atoms with E-state index in [0.717, 1.165) is 6.07 Å². The number of nitrogen functional groups attached to an aromatic ring is 1. The Morgan fingerprint density at radius 2 is 1.84 bits per heavy atom. The molecule has 0 saturated heterocycles. The number of amides is 1. The standard InChI is InChI=1S/C17H13FN4O3.C2HF3O2/c18-13-8-10(22-17(24)12-2-1-6-21-16(12)23)3-4-14(13)25-11-5-7-20-15(19)9-11;3-2(4,5)1(6)7/h1-9H,(H2,19,20)(H,21,23)(H,22,24);(H,6,7). The Hall–Kier alpha value is -4.42. The van der Waals surface area contributed by atoms with Gasteiger partial charge < -0.3 is 25.9 Å². The number of aromatic nitrogens is 2. The lowest BCUT2D eigenvalue weighted by atomic mass is 10.2. The molecule has 0 unspecified atom stereocenters. The number of hydrogen-bond donors (Lipinski definition) is 4. The number of hydrogen-bond acceptors (Lipinski definition) is 6. The van der Waals surface area contributed by atoms with Crippen LogP contribution in [0.1, 0.15) is 10.4 Å². The Labute approximate surface area is 176 Å². The van der Waals surface area contributed by atoms with E-state index in [1.54, 1.807) is 0 Å². The summed E-state index contributed by atoms with van der Waals surface area (Å²) >= 11 is 0. The van der Waals surface area contributed by atoms with Gasteiger partial charge in [0.05, 0.1) is 0 Å². The van der Waals surface area contributed by atoms with Gasteiger partial charge in [-0.3, -0.25) is 9.59 Å². The van der Waals surface area contributed by atoms with Gasteiger partial charge in [-0.15, -0.1) is 0 Å². The highest BCUT2D eigenvalue weighted by Gasteiger charge is 2.38. The van der Waals surface area contributed by atoms with Crippen molar-refractivity contribution in [2.75, 3.05) is 11.1 Å². The maximum atomic E-state index is 14.2. The Morgan fingerprint density at radius 3 is 2.41 bits per heavy atom. The zero-order valence-corrected chi connectivity index (χ0v) is 15.8. The van der Waals surface area contributed by atoms with Crippen LogP contribution in [0.3, 0.4) is 0 Å². The van der Waals surface area contributed by atoms with Gasteiger partial charge in [0.15, 0.2) is 11.6 Å². The topological polar surface area (TPSA) is 147 Å². The Balaban J connectivity index is 0.000000451. The van der Waals surface area contributed by atoms with Crippen molar-refractivity contribution in [2.24, 2.45) is 0 Å². The van der Waals surface area contributed by atoms with Crippen molar-refractivity contribution in [3.63, 3.8) is 0 Å². The molecule has 5 N–H and O–H groups in total. The molecule has 0 spiro atoms. The molecule has 32 heavy (non-hydrogen) atoms. The molecular weight excluding hydrogens is 440 g/mol. The van der Waals surface area contributed by atoms with Crippen molar-refractivity contribution in [3.05, 3.63) is 76.6 Å². The number of nitrogens with two attached hydrogens (primary N) is 1. The molecule has 168 valence electrons. The fourth-order valence-electron chi connectivity index (χ4n) is 2.08. The molecule has 3 rings (SSSR count). The molecule has 0 bridgehead atoms. The number of aliphatic carboxylic acids is 1. The third kappa shape index (κ3) is 6.83. The number of pyridine rings is 2. The minimum atomic E-state index is -5.08. The quantitative estimate of drug-likeness (QED) is 0.443. The van der Waals surface area contributed by atoms with Gasteiger partial charge in [0.25, 0.3) is 11.5 Å². The highest BCUT2D eigenvalue weighted by atomic mass is 19.4. The molecule has 0 saturated carbocycles. The molecule has 0 aliphatic carbocycles. The van der Waals surface area contributed by atoms with Crippen molar-refractivity contribution >= 4 is 23.4 Å². The molecular formula is C19H14F4N4O5. The molecule has 1 amide bonds. The average molecular weight is 454 g/mol. The van der Waals surface area contributed by atoms with Gasteiger partial charge in [0.2, 0.25) is 0 Å². The number of carbonyl (C=O) groups excluding carboxylic acids is 1. The largest absolute Gasteiger partial charge is 0.490 e. The number of nitrogens with zero attached hydrogens (tertiary/aromatic N) is 1. The van der Waals surface area contributed by atoms with Crippen LogP contribution in [0.15, 0.2) is 59.7 Å². The van der Waals surface area contributed by atoms with Crippen LogP contribution >= 0.6 is 0 Å². The Bertz CT molecular complexity index is 1180. The van der Waals surface area contributed by atoms with E-state index in [9.17, 15) is 27.2 Å². The number of rotatable bonds is 4. The van der Waals surface area contributed by atoms with E-state index in [-0.39, 0.29) is 22.8 Å². The lowest BCUT2D eigenvalue weighted by Crippen LogP contribution is -2.22. The fourth-order valence-corrected chi connectivity index (χ4v) is 2.08. The lowest BCUT2D eigenvalue weighted by molar-refractivity contribution is -0.192. The van der Waals surface area contributed by atoms with E-state index in [1.807, 2.05) is 0 Å². The molecule has 0 atom stereocenters. The maximum Gasteiger partial charge on any atom is 0.490 e. The van der Waals surface area contributed by atoms with Gasteiger partial charge in [-0.2, -0.15) is 13.2 Å². The number of carboxylic acids is 1. The van der Waals surface area contributed by atoms with Gasteiger partial charge in [-0.05, 0) is 30.3 Å². The molecule has 9 nitrogen and oxygen atoms in total. The van der Waals surface area contributed by atoms with E-state index in [4.69, 9.17) is 20.4 Å². The summed E-state index contributed by atoms with van der Waals surface area (Å²) in [5, 5.41) is 9.58. The number of carboxylic acid groups (broad SMARTS) is 1. The van der Waals surface area contributed by atoms with Gasteiger partial charge >= 0.3 is 12.1 Å². The number of halogens is 4. The minimum Gasteiger partial charge on any atom is -0.475 e. The predicted molar refractivity (Wildman–Crippen MR) is 104 cm³/mol. The van der Waals surface area contributed by atoms with Crippen LogP contribution < -0.4 is 21.3 Å². The zero-order valence-electron chi connectivity index (χ0n) is 15.8. The van der Waals surface area contributed by atoms with Crippen molar-refractivity contribution in [3.8, 4) is 11.5 Å². The highest BCUT2D eigenvalue weighted by molar-refractivity contribution is 6.03. The second-order valence-corrected chi connectivity index (χ2v) is 5.83. The SMILES string of the molecule is Nc1cc(Oc2ccc(NC(=O)c3ccc[nH]c3=O)cc2F)ccn1.O=C(O)C(F)(F)F. The second-order valence-electron chi connectivity index (χ2n) is 5.83. The first-order valence-corrected chi connectivity index (χ1v) is 8.45. The summed E-state index contributed by atoms with van der Waals surface area (Å²) in [6, 6.07) is 9.79. The Morgan fingerprint density at radius 1 is 1.16 bits per heavy atom. The van der Waals surface area contributed by atoms with E-state index in [0.29, 0.717) is 5.75 Å². The smallest absolute Gasteiger partial charge is 0.475 e. The predicted octanol–water partition coefficient (Wildman–Crippen LogP) is 3.17. The summed E-state index contributed by atoms with van der Waals surface area (Å²) in [6.45, 7) is 0. The molecule has 2 heterocycles. The van der Waals surface area contributed by atoms with Crippen LogP contribution in [-0.2, 0) is 4.79 Å². The van der Waals surface area contributed by atoms with Gasteiger partial charge in [-0.1, -0.05) is 0 Å². The van der Waals surface area contributed by atoms with Gasteiger partial charge in [0, 0.05) is 30.2 Å². The van der Waals surface area contributed by atoms with E-state index in [2.05, 4.69) is 15.3 Å². The number of alkyl halides is 3. The van der Waals surface area contributed by atoms with Gasteiger partial charge in [-0.25, -0.2) is 14.2 Å². The van der Waals surface area contributed by atoms with Crippen LogP contribution in [0.2, 0.25) is 0 Å². The van der Waals surface area contributed by atoms with E-state index >= 15 is 0 Å². The normalized spacial score (nSPS) is 10.5. The number of carbonyl (C=O) groups is 2. The molecule has 13 heteroatoms. The molecule has 3 aromatic rings. The van der Waals surface area contributed by atoms with Crippen molar-refractivity contribution in [1.29, 1.82) is 0 Å². The number of nitrogens with one attached hydrogen (secondary N) is 2. The zero-order chi connectivity index (χ0) is 23.9. The molecule has 0 aliphatic heterocycles. The second kappa shape index (κ2) is 10.1. The number of aromatic amines is 1. The first-order valence-electron chi connectivity index (χ1n) is 8.45. The summed E-state index contributed by atoms with van der Waals surface area (Å²) in [7, 11) is 0. The van der Waals surface area contributed by atoms with Crippen LogP contribution in [0.5, 0.6) is 11.5 Å². The van der Waals surface area contributed by atoms with E-state index in [1.165, 1.54) is 48.8 Å². The first kappa shape index (κ1) is 23.9. The molecule has 1 aromatic carbocycles. The summed E-state index contributed by atoms with van der Waals surface area (Å²) < 4.78 is 51.3. The Kier molecular flexibility index (Phi) is 7.50. The van der Waals surface area contributed by atoms with Crippen molar-refractivity contribution in [1.82, 2.24) is 9.97 Å². The van der Waals surface area contributed by atoms with Crippen molar-refractivity contribution in [2.45, 2.75) is 6.18 Å². The van der Waals surface area contributed by atoms with Crippen LogP contribution in [0.4, 0.5) is 29.1 Å². The summed E-state index contributed by atoms with van der Waals surface area (Å²) in [6.07, 6.45) is -2.23. The number of ether oxygens (including phenoxy) is 1. The fraction of sp³-hybridized carbons (Fsp3) is 0.0526. The van der Waals surface area contributed by atoms with Crippen molar-refractivity contribution < 1.29 is 37.0 Å². The summed E-state index contributed by atoms with van der Waals surface area (Å²) in [5.74, 6) is -3.55. The first-order chi connectivity index (χ1) is 15.0. The molecule has 0 radical (unpaired) electrons. The monoisotopic (exact) mass is 454 g/mol. The summed E-state index contributed by atoms with van der Waals surface area (Å²) in [4.78, 5) is 38.7. The number of anilines is 2. The molecule has 2 aromatic heterocycles. The number of benzene rings is 1. The van der Waals surface area contributed by atoms with Crippen LogP contribution in [0, 0.1) is 5.82 Å². The minimum absolute atomic E-state index is 0.0406. The molecule has 0 aliphatic rings. The van der Waals surface area contributed by atoms with Crippen LogP contribution in [0.25, 0.3) is 0 Å². The highest BCUT2D eigenvalue weighted by Crippen LogP contribution is 2.27. The maximum absolute atomic E-state index is 14.2. The van der Waals surface area contributed by atoms with Gasteiger partial charge in [0.1, 0.15) is 17.1 Å². The summed E-state index contributed by atoms with van der Waals surface area (Å²) in [5.41, 5.74) is 5.12. The lowest BCUT2D eigenvalue weighted by Gasteiger charge is -2.09. The third-order valence-electron chi connectivity index (χ3n) is 3.48. The third-order valence-corrected chi connectivity index (χ3v) is 3.48. The van der Waals surface area contributed by atoms with E-state index < -0.39 is 29.4 Å². The average Bonchev–Trinajstić information content (AvgIpc) is 2.70.